The molecule has 0 aromatic rings. The smallest absolute Gasteiger partial charge is 0.223 e. The van der Waals surface area contributed by atoms with E-state index in [-0.39, 0.29) is 0 Å². The van der Waals surface area contributed by atoms with Crippen LogP contribution in [-0.4, -0.2) is 29.9 Å². The molecule has 1 rings (SSSR count). The Morgan fingerprint density at radius 1 is 1.53 bits per heavy atom. The summed E-state index contributed by atoms with van der Waals surface area (Å²) in [5, 5.41) is 0. The summed E-state index contributed by atoms with van der Waals surface area (Å²) in [6, 6.07) is 0.550. The lowest BCUT2D eigenvalue weighted by Crippen LogP contribution is -2.35. The third-order valence-corrected chi connectivity index (χ3v) is 2.99. The zero-order valence-corrected chi connectivity index (χ0v) is 10.0. The van der Waals surface area contributed by atoms with Crippen LogP contribution in [0.2, 0.25) is 0 Å². The predicted octanol–water partition coefficient (Wildman–Crippen LogP) is 1.76. The maximum Gasteiger partial charge on any atom is 0.223 e. The molecule has 2 N–H and O–H groups in total. The van der Waals surface area contributed by atoms with Crippen LogP contribution in [-0.2, 0) is 4.79 Å². The number of amides is 1. The van der Waals surface area contributed by atoms with E-state index in [4.69, 9.17) is 5.73 Å². The Morgan fingerprint density at radius 3 is 2.67 bits per heavy atom. The largest absolute Gasteiger partial charge is 0.340 e. The number of unbranched alkanes of at least 4 members (excludes halogenated alkanes) is 1. The first-order chi connectivity index (χ1) is 7.19. The third-order valence-electron chi connectivity index (χ3n) is 2.99. The van der Waals surface area contributed by atoms with Crippen molar-refractivity contribution in [1.29, 1.82) is 0 Å². The van der Waals surface area contributed by atoms with E-state index in [1.807, 2.05) is 6.92 Å². The summed E-state index contributed by atoms with van der Waals surface area (Å²) >= 11 is 0. The van der Waals surface area contributed by atoms with Gasteiger partial charge in [-0.3, -0.25) is 4.79 Å². The number of carbonyl (C=O) groups is 1. The lowest BCUT2D eigenvalue weighted by molar-refractivity contribution is -0.132. The van der Waals surface area contributed by atoms with Gasteiger partial charge >= 0.3 is 0 Å². The van der Waals surface area contributed by atoms with Crippen LogP contribution >= 0.6 is 0 Å². The van der Waals surface area contributed by atoms with E-state index in [0.717, 1.165) is 19.4 Å². The summed E-state index contributed by atoms with van der Waals surface area (Å²) in [5.41, 5.74) is 5.54. The van der Waals surface area contributed by atoms with Crippen LogP contribution < -0.4 is 5.73 Å². The highest BCUT2D eigenvalue weighted by molar-refractivity contribution is 5.77. The summed E-state index contributed by atoms with van der Waals surface area (Å²) in [6.07, 6.45) is 5.30. The van der Waals surface area contributed by atoms with Gasteiger partial charge in [-0.25, -0.2) is 0 Å². The van der Waals surface area contributed by atoms with Gasteiger partial charge in [0.05, 0.1) is 0 Å². The van der Waals surface area contributed by atoms with Crippen LogP contribution in [0, 0.1) is 5.92 Å². The second kappa shape index (κ2) is 6.11. The SMILES string of the molecule is CCCCN(C(=O)CC(C)CN)C1CC1. The van der Waals surface area contributed by atoms with Gasteiger partial charge in [0.25, 0.3) is 0 Å². The van der Waals surface area contributed by atoms with Gasteiger partial charge in [-0.15, -0.1) is 0 Å². The summed E-state index contributed by atoms with van der Waals surface area (Å²) in [6.45, 7) is 5.76. The van der Waals surface area contributed by atoms with Crippen LogP contribution in [0.1, 0.15) is 46.0 Å². The van der Waals surface area contributed by atoms with E-state index >= 15 is 0 Å². The number of rotatable bonds is 7. The van der Waals surface area contributed by atoms with Crippen molar-refractivity contribution in [3.8, 4) is 0 Å². The Bertz CT molecular complexity index is 202. The molecule has 1 aliphatic carbocycles. The molecule has 0 spiro atoms. The molecule has 0 aliphatic heterocycles. The number of hydrogen-bond donors (Lipinski definition) is 1. The van der Waals surface area contributed by atoms with E-state index in [9.17, 15) is 4.79 Å². The van der Waals surface area contributed by atoms with Crippen molar-refractivity contribution in [1.82, 2.24) is 4.90 Å². The molecule has 1 atom stereocenters. The van der Waals surface area contributed by atoms with Crippen molar-refractivity contribution >= 4 is 5.91 Å². The number of carbonyl (C=O) groups excluding carboxylic acids is 1. The molecule has 0 radical (unpaired) electrons. The number of nitrogens with zero attached hydrogens (tertiary/aromatic N) is 1. The average Bonchev–Trinajstić information content (AvgIpc) is 3.02. The Labute approximate surface area is 93.0 Å². The minimum Gasteiger partial charge on any atom is -0.340 e. The Hall–Kier alpha value is -0.570. The summed E-state index contributed by atoms with van der Waals surface area (Å²) in [7, 11) is 0. The Morgan fingerprint density at radius 2 is 2.20 bits per heavy atom. The van der Waals surface area contributed by atoms with E-state index in [0.29, 0.717) is 30.8 Å². The van der Waals surface area contributed by atoms with Crippen LogP contribution in [0.25, 0.3) is 0 Å². The first-order valence-electron chi connectivity index (χ1n) is 6.18. The molecule has 0 aromatic carbocycles. The van der Waals surface area contributed by atoms with Crippen LogP contribution in [0.15, 0.2) is 0 Å². The van der Waals surface area contributed by atoms with Crippen molar-refractivity contribution in [3.05, 3.63) is 0 Å². The standard InChI is InChI=1S/C12H24N2O/c1-3-4-7-14(11-5-6-11)12(15)8-10(2)9-13/h10-11H,3-9,13H2,1-2H3. The first kappa shape index (κ1) is 12.5. The summed E-state index contributed by atoms with van der Waals surface area (Å²) < 4.78 is 0. The fraction of sp³-hybridized carbons (Fsp3) is 0.917. The van der Waals surface area contributed by atoms with Gasteiger partial charge < -0.3 is 10.6 Å². The van der Waals surface area contributed by atoms with Crippen LogP contribution in [0.3, 0.4) is 0 Å². The van der Waals surface area contributed by atoms with Crippen LogP contribution in [0.4, 0.5) is 0 Å². The molecular formula is C12H24N2O. The molecule has 1 aliphatic rings. The topological polar surface area (TPSA) is 46.3 Å². The molecule has 0 heterocycles. The molecule has 0 saturated heterocycles. The molecule has 88 valence electrons. The van der Waals surface area contributed by atoms with E-state index < -0.39 is 0 Å². The van der Waals surface area contributed by atoms with Crippen molar-refractivity contribution in [2.45, 2.75) is 52.0 Å². The molecule has 1 amide bonds. The predicted molar refractivity (Wildman–Crippen MR) is 62.5 cm³/mol. The fourth-order valence-electron chi connectivity index (χ4n) is 1.72. The Kier molecular flexibility index (Phi) is 5.09. The minimum absolute atomic E-state index is 0.309. The number of hydrogen-bond acceptors (Lipinski definition) is 2. The second-order valence-electron chi connectivity index (χ2n) is 4.72. The van der Waals surface area contributed by atoms with Gasteiger partial charge in [0.1, 0.15) is 0 Å². The van der Waals surface area contributed by atoms with Crippen LogP contribution in [0.5, 0.6) is 0 Å². The Balaban J connectivity index is 2.36. The zero-order chi connectivity index (χ0) is 11.3. The summed E-state index contributed by atoms with van der Waals surface area (Å²) in [5.74, 6) is 0.629. The maximum absolute atomic E-state index is 12.0. The average molecular weight is 212 g/mol. The third kappa shape index (κ3) is 4.20. The van der Waals surface area contributed by atoms with Crippen molar-refractivity contribution < 1.29 is 4.79 Å². The van der Waals surface area contributed by atoms with E-state index in [2.05, 4.69) is 11.8 Å². The molecule has 0 aromatic heterocycles. The van der Waals surface area contributed by atoms with E-state index in [1.54, 1.807) is 0 Å². The first-order valence-corrected chi connectivity index (χ1v) is 6.18. The lowest BCUT2D eigenvalue weighted by atomic mass is 10.1. The fourth-order valence-corrected chi connectivity index (χ4v) is 1.72. The molecule has 1 unspecified atom stereocenters. The van der Waals surface area contributed by atoms with Gasteiger partial charge in [0.2, 0.25) is 5.91 Å². The molecular weight excluding hydrogens is 188 g/mol. The summed E-state index contributed by atoms with van der Waals surface area (Å²) in [4.78, 5) is 14.0. The maximum atomic E-state index is 12.0. The molecule has 15 heavy (non-hydrogen) atoms. The van der Waals surface area contributed by atoms with Gasteiger partial charge in [-0.05, 0) is 31.7 Å². The molecule has 1 fully saturated rings. The van der Waals surface area contributed by atoms with Crippen molar-refractivity contribution in [2.24, 2.45) is 11.7 Å². The normalized spacial score (nSPS) is 17.5. The zero-order valence-electron chi connectivity index (χ0n) is 10.0. The molecule has 1 saturated carbocycles. The minimum atomic E-state index is 0.309. The van der Waals surface area contributed by atoms with Gasteiger partial charge in [0, 0.05) is 19.0 Å². The quantitative estimate of drug-likeness (QED) is 0.699. The molecule has 0 bridgehead atoms. The lowest BCUT2D eigenvalue weighted by Gasteiger charge is -2.23. The van der Waals surface area contributed by atoms with Crippen molar-refractivity contribution in [3.63, 3.8) is 0 Å². The molecule has 3 heteroatoms. The monoisotopic (exact) mass is 212 g/mol. The van der Waals surface area contributed by atoms with Gasteiger partial charge in [-0.2, -0.15) is 0 Å². The highest BCUT2D eigenvalue weighted by Crippen LogP contribution is 2.28. The van der Waals surface area contributed by atoms with Gasteiger partial charge in [-0.1, -0.05) is 20.3 Å². The highest BCUT2D eigenvalue weighted by atomic mass is 16.2. The van der Waals surface area contributed by atoms with Crippen molar-refractivity contribution in [2.75, 3.05) is 13.1 Å². The van der Waals surface area contributed by atoms with E-state index in [1.165, 1.54) is 12.8 Å². The highest BCUT2D eigenvalue weighted by Gasteiger charge is 2.32. The second-order valence-corrected chi connectivity index (χ2v) is 4.72. The number of nitrogens with two attached hydrogens (primary N) is 1. The molecule has 3 nitrogen and oxygen atoms in total. The van der Waals surface area contributed by atoms with Gasteiger partial charge in [0.15, 0.2) is 0 Å².